The molecule has 1 aliphatic heterocycles. The van der Waals surface area contributed by atoms with E-state index in [1.165, 1.54) is 10.6 Å². The summed E-state index contributed by atoms with van der Waals surface area (Å²) in [7, 11) is -3.05. The van der Waals surface area contributed by atoms with Crippen molar-refractivity contribution in [3.8, 4) is 0 Å². The molecule has 1 rings (SSSR count). The average Bonchev–Trinajstić information content (AvgIpc) is 2.25. The number of nitrogens with zero attached hydrogens (tertiary/aromatic N) is 1. The minimum Gasteiger partial charge on any atom is -0.300 e. The Bertz CT molecular complexity index is 337. The van der Waals surface area contributed by atoms with Crippen molar-refractivity contribution in [2.75, 3.05) is 19.3 Å². The minimum absolute atomic E-state index is 0.275. The van der Waals surface area contributed by atoms with Crippen LogP contribution in [-0.2, 0) is 14.8 Å². The number of piperidine rings is 1. The molecule has 4 nitrogen and oxygen atoms in total. The van der Waals surface area contributed by atoms with Crippen molar-refractivity contribution in [2.24, 2.45) is 5.92 Å². The zero-order valence-corrected chi connectivity index (χ0v) is 10.9. The standard InChI is InChI=1S/C11H21NO3S/c1-3-11(13)7-6-10-5-4-8-12(9-10)16(2,14)15/h10H,3-9H2,1-2H3. The van der Waals surface area contributed by atoms with Gasteiger partial charge in [-0.05, 0) is 25.2 Å². The van der Waals surface area contributed by atoms with Crippen LogP contribution >= 0.6 is 0 Å². The van der Waals surface area contributed by atoms with E-state index >= 15 is 0 Å². The first-order valence-electron chi connectivity index (χ1n) is 5.90. The van der Waals surface area contributed by atoms with Crippen molar-refractivity contribution in [1.29, 1.82) is 0 Å². The predicted octanol–water partition coefficient (Wildman–Crippen LogP) is 1.42. The molecule has 1 atom stereocenters. The lowest BCUT2D eigenvalue weighted by Gasteiger charge is -2.30. The zero-order chi connectivity index (χ0) is 12.2. The molecule has 1 fully saturated rings. The molecule has 94 valence electrons. The first kappa shape index (κ1) is 13.6. The number of carbonyl (C=O) groups is 1. The summed E-state index contributed by atoms with van der Waals surface area (Å²) >= 11 is 0. The second kappa shape index (κ2) is 5.77. The molecule has 0 radical (unpaired) electrons. The molecule has 0 aromatic heterocycles. The van der Waals surface area contributed by atoms with Gasteiger partial charge in [-0.1, -0.05) is 6.92 Å². The maximum absolute atomic E-state index is 11.4. The maximum atomic E-state index is 11.4. The van der Waals surface area contributed by atoms with Gasteiger partial charge in [-0.3, -0.25) is 4.79 Å². The summed E-state index contributed by atoms with van der Waals surface area (Å²) in [4.78, 5) is 11.2. The molecule has 0 aromatic rings. The largest absolute Gasteiger partial charge is 0.300 e. The fourth-order valence-electron chi connectivity index (χ4n) is 2.11. The molecule has 1 aliphatic rings. The van der Waals surface area contributed by atoms with Gasteiger partial charge in [-0.25, -0.2) is 12.7 Å². The third-order valence-electron chi connectivity index (χ3n) is 3.18. The number of Topliss-reactive ketones (excluding diaryl/α,β-unsaturated/α-hetero) is 1. The number of carbonyl (C=O) groups excluding carboxylic acids is 1. The summed E-state index contributed by atoms with van der Waals surface area (Å²) in [5.74, 6) is 0.635. The Balaban J connectivity index is 2.42. The highest BCUT2D eigenvalue weighted by Gasteiger charge is 2.25. The summed E-state index contributed by atoms with van der Waals surface area (Å²) in [6, 6.07) is 0. The summed E-state index contributed by atoms with van der Waals surface area (Å²) in [6.07, 6.45) is 5.23. The molecule has 0 aromatic carbocycles. The van der Waals surface area contributed by atoms with Crippen LogP contribution in [0.25, 0.3) is 0 Å². The maximum Gasteiger partial charge on any atom is 0.211 e. The lowest BCUT2D eigenvalue weighted by Crippen LogP contribution is -2.39. The van der Waals surface area contributed by atoms with Crippen LogP contribution in [0.4, 0.5) is 0 Å². The van der Waals surface area contributed by atoms with Gasteiger partial charge in [0.15, 0.2) is 0 Å². The molecule has 1 heterocycles. The Kier molecular flexibility index (Phi) is 4.92. The Morgan fingerprint density at radius 1 is 1.44 bits per heavy atom. The van der Waals surface area contributed by atoms with E-state index in [1.54, 1.807) is 0 Å². The lowest BCUT2D eigenvalue weighted by molar-refractivity contribution is -0.119. The molecule has 16 heavy (non-hydrogen) atoms. The number of ketones is 1. The van der Waals surface area contributed by atoms with E-state index in [-0.39, 0.29) is 5.78 Å². The molecular formula is C11H21NO3S. The molecule has 0 aliphatic carbocycles. The molecule has 0 N–H and O–H groups in total. The highest BCUT2D eigenvalue weighted by atomic mass is 32.2. The molecule has 0 saturated carbocycles. The first-order chi connectivity index (χ1) is 7.43. The average molecular weight is 247 g/mol. The van der Waals surface area contributed by atoms with Gasteiger partial charge in [0.05, 0.1) is 6.26 Å². The van der Waals surface area contributed by atoms with Crippen LogP contribution in [0.15, 0.2) is 0 Å². The van der Waals surface area contributed by atoms with Gasteiger partial charge >= 0.3 is 0 Å². The van der Waals surface area contributed by atoms with Crippen LogP contribution in [0, 0.1) is 5.92 Å². The van der Waals surface area contributed by atoms with E-state index in [0.717, 1.165) is 19.3 Å². The molecule has 1 saturated heterocycles. The van der Waals surface area contributed by atoms with E-state index in [0.29, 0.717) is 31.8 Å². The first-order valence-corrected chi connectivity index (χ1v) is 7.75. The Hall–Kier alpha value is -0.420. The molecule has 0 spiro atoms. The Morgan fingerprint density at radius 3 is 2.69 bits per heavy atom. The number of hydrogen-bond donors (Lipinski definition) is 0. The van der Waals surface area contributed by atoms with Gasteiger partial charge in [0, 0.05) is 25.9 Å². The number of rotatable bonds is 5. The van der Waals surface area contributed by atoms with Crippen LogP contribution in [0.5, 0.6) is 0 Å². The van der Waals surface area contributed by atoms with Crippen LogP contribution in [0.3, 0.4) is 0 Å². The lowest BCUT2D eigenvalue weighted by atomic mass is 9.93. The quantitative estimate of drug-likeness (QED) is 0.738. The topological polar surface area (TPSA) is 54.5 Å². The van der Waals surface area contributed by atoms with Crippen LogP contribution in [0.1, 0.15) is 39.0 Å². The van der Waals surface area contributed by atoms with Gasteiger partial charge in [0.1, 0.15) is 5.78 Å². The Morgan fingerprint density at radius 2 is 2.12 bits per heavy atom. The monoisotopic (exact) mass is 247 g/mol. The van der Waals surface area contributed by atoms with Crippen molar-refractivity contribution in [2.45, 2.75) is 39.0 Å². The summed E-state index contributed by atoms with van der Waals surface area (Å²) < 4.78 is 24.3. The van der Waals surface area contributed by atoms with Crippen molar-refractivity contribution in [3.05, 3.63) is 0 Å². The van der Waals surface area contributed by atoms with Gasteiger partial charge in [0.25, 0.3) is 0 Å². The van der Waals surface area contributed by atoms with Gasteiger partial charge in [0.2, 0.25) is 10.0 Å². The van der Waals surface area contributed by atoms with Gasteiger partial charge in [-0.15, -0.1) is 0 Å². The fourth-order valence-corrected chi connectivity index (χ4v) is 3.05. The minimum atomic E-state index is -3.05. The van der Waals surface area contributed by atoms with Crippen LogP contribution in [-0.4, -0.2) is 37.9 Å². The number of hydrogen-bond acceptors (Lipinski definition) is 3. The second-order valence-electron chi connectivity index (χ2n) is 4.56. The molecule has 0 amide bonds. The fraction of sp³-hybridized carbons (Fsp3) is 0.909. The van der Waals surface area contributed by atoms with Crippen molar-refractivity contribution < 1.29 is 13.2 Å². The van der Waals surface area contributed by atoms with Crippen molar-refractivity contribution in [3.63, 3.8) is 0 Å². The van der Waals surface area contributed by atoms with Crippen molar-refractivity contribution >= 4 is 15.8 Å². The van der Waals surface area contributed by atoms with Crippen molar-refractivity contribution in [1.82, 2.24) is 4.31 Å². The summed E-state index contributed by atoms with van der Waals surface area (Å²) in [5.41, 5.74) is 0. The Labute approximate surface area is 98.1 Å². The normalized spacial score (nSPS) is 23.2. The van der Waals surface area contributed by atoms with Crippen LogP contribution in [0.2, 0.25) is 0 Å². The summed E-state index contributed by atoms with van der Waals surface area (Å²) in [5, 5.41) is 0. The third kappa shape index (κ3) is 4.22. The predicted molar refractivity (Wildman–Crippen MR) is 63.7 cm³/mol. The smallest absolute Gasteiger partial charge is 0.211 e. The van der Waals surface area contributed by atoms with E-state index in [1.807, 2.05) is 6.92 Å². The second-order valence-corrected chi connectivity index (χ2v) is 6.54. The number of sulfonamides is 1. The van der Waals surface area contributed by atoms with E-state index in [2.05, 4.69) is 0 Å². The van der Waals surface area contributed by atoms with Crippen LogP contribution < -0.4 is 0 Å². The highest BCUT2D eigenvalue weighted by Crippen LogP contribution is 2.22. The van der Waals surface area contributed by atoms with Gasteiger partial charge < -0.3 is 0 Å². The summed E-state index contributed by atoms with van der Waals surface area (Å²) in [6.45, 7) is 3.10. The molecule has 5 heteroatoms. The van der Waals surface area contributed by atoms with E-state index in [4.69, 9.17) is 0 Å². The highest BCUT2D eigenvalue weighted by molar-refractivity contribution is 7.88. The molecular weight excluding hydrogens is 226 g/mol. The van der Waals surface area contributed by atoms with Gasteiger partial charge in [-0.2, -0.15) is 0 Å². The molecule has 0 bridgehead atoms. The third-order valence-corrected chi connectivity index (χ3v) is 4.45. The SMILES string of the molecule is CCC(=O)CCC1CCCN(S(C)(=O)=O)C1. The zero-order valence-electron chi connectivity index (χ0n) is 10.1. The van der Waals surface area contributed by atoms with E-state index < -0.39 is 10.0 Å². The molecule has 1 unspecified atom stereocenters. The van der Waals surface area contributed by atoms with E-state index in [9.17, 15) is 13.2 Å².